The maximum absolute atomic E-state index is 14.3. The molecule has 38 heteroatoms. The Morgan fingerprint density at radius 3 is 1.90 bits per heavy atom. The second kappa shape index (κ2) is 37.5. The molecule has 0 radical (unpaired) electrons. The zero-order chi connectivity index (χ0) is 66.5. The number of aromatic nitrogens is 2. The number of rotatable bonds is 19. The lowest BCUT2D eigenvalue weighted by atomic mass is 10.1. The van der Waals surface area contributed by atoms with Gasteiger partial charge in [-0.3, -0.25) is 72.1 Å². The first-order chi connectivity index (χ1) is 42.0. The third-order valence-corrected chi connectivity index (χ3v) is 13.9. The van der Waals surface area contributed by atoms with Gasteiger partial charge in [0.25, 0.3) is 0 Å². The van der Waals surface area contributed by atoms with E-state index in [1.165, 1.54) is 12.5 Å². The number of aliphatic hydroxyl groups is 3. The van der Waals surface area contributed by atoms with Gasteiger partial charge in [-0.05, 0) is 58.8 Å². The van der Waals surface area contributed by atoms with Crippen molar-refractivity contribution in [1.29, 1.82) is 0 Å². The van der Waals surface area contributed by atoms with Crippen molar-refractivity contribution in [1.82, 2.24) is 78.7 Å². The molecular formula is C51H82N20O17S. The number of imidazole rings is 1. The van der Waals surface area contributed by atoms with Crippen LogP contribution in [-0.4, -0.2) is 237 Å². The second-order valence-electron chi connectivity index (χ2n) is 20.8. The minimum atomic E-state index is -1.87. The lowest BCUT2D eigenvalue weighted by molar-refractivity contribution is -0.142. The molecule has 0 saturated carbocycles. The number of fused-ring (bicyclic) bond motifs is 1. The highest BCUT2D eigenvalue weighted by Gasteiger charge is 2.40. The summed E-state index contributed by atoms with van der Waals surface area (Å²) in [6, 6.07) is -15.6. The number of H-pyrrole nitrogens is 1. The zero-order valence-electron chi connectivity index (χ0n) is 49.1. The monoisotopic (exact) mass is 1280 g/mol. The minimum absolute atomic E-state index is 0.00125. The van der Waals surface area contributed by atoms with Crippen LogP contribution >= 0.6 is 12.6 Å². The van der Waals surface area contributed by atoms with E-state index in [2.05, 4.69) is 98.0 Å². The molecule has 2 fully saturated rings. The molecule has 494 valence electrons. The third kappa shape index (κ3) is 26.0. The molecule has 2 aliphatic heterocycles. The molecule has 11 atom stereocenters. The Morgan fingerprint density at radius 1 is 0.719 bits per heavy atom. The summed E-state index contributed by atoms with van der Waals surface area (Å²) in [4.78, 5) is 201. The molecule has 0 aliphatic carbocycles. The molecule has 3 heterocycles. The molecule has 1 aromatic rings. The van der Waals surface area contributed by atoms with Crippen LogP contribution in [0, 0.1) is 0 Å². The first-order valence-electron chi connectivity index (χ1n) is 28.2. The van der Waals surface area contributed by atoms with Crippen LogP contribution in [0.2, 0.25) is 0 Å². The van der Waals surface area contributed by atoms with Gasteiger partial charge in [0.1, 0.15) is 54.4 Å². The van der Waals surface area contributed by atoms with Crippen molar-refractivity contribution in [2.75, 3.05) is 51.6 Å². The summed E-state index contributed by atoms with van der Waals surface area (Å²) in [6.45, 7) is 1.95. The number of aliphatic hydroxyl groups excluding tert-OH is 3. The van der Waals surface area contributed by atoms with E-state index in [0.29, 0.717) is 5.69 Å². The van der Waals surface area contributed by atoms with Crippen molar-refractivity contribution >= 4 is 101 Å². The summed E-state index contributed by atoms with van der Waals surface area (Å²) in [5.41, 5.74) is 22.4. The summed E-state index contributed by atoms with van der Waals surface area (Å²) in [5, 5.41) is 59.1. The number of aliphatic imine (C=N–C) groups is 1. The topological polar surface area (TPSA) is 592 Å². The number of primary amides is 1. The Morgan fingerprint density at radius 2 is 1.28 bits per heavy atom. The Bertz CT molecular complexity index is 2730. The summed E-state index contributed by atoms with van der Waals surface area (Å²) in [7, 11) is 0. The van der Waals surface area contributed by atoms with Gasteiger partial charge in [-0.25, -0.2) is 4.98 Å². The van der Waals surface area contributed by atoms with E-state index >= 15 is 0 Å². The van der Waals surface area contributed by atoms with Crippen molar-refractivity contribution in [2.24, 2.45) is 27.9 Å². The molecular weight excluding hydrogens is 1200 g/mol. The van der Waals surface area contributed by atoms with Crippen molar-refractivity contribution in [2.45, 2.75) is 145 Å². The van der Waals surface area contributed by atoms with Crippen molar-refractivity contribution in [3.63, 3.8) is 0 Å². The van der Waals surface area contributed by atoms with Crippen LogP contribution < -0.4 is 86.7 Å². The third-order valence-electron chi connectivity index (χ3n) is 13.5. The number of nitrogens with zero attached hydrogens (tertiary/aromatic N) is 3. The molecule has 24 N–H and O–H groups in total. The number of guanidine groups is 1. The average molecular weight is 1280 g/mol. The van der Waals surface area contributed by atoms with E-state index < -0.39 is 194 Å². The van der Waals surface area contributed by atoms with Crippen LogP contribution in [0.1, 0.15) is 77.3 Å². The predicted octanol–water partition coefficient (Wildman–Crippen LogP) is -10.5. The number of nitrogens with two attached hydrogens (primary N) is 4. The lowest BCUT2D eigenvalue weighted by Crippen LogP contribution is -2.61. The smallest absolute Gasteiger partial charge is 0.246 e. The summed E-state index contributed by atoms with van der Waals surface area (Å²) < 4.78 is 0. The largest absolute Gasteiger partial charge is 0.513 e. The van der Waals surface area contributed by atoms with E-state index in [1.807, 2.05) is 0 Å². The van der Waals surface area contributed by atoms with Crippen LogP contribution in [0.5, 0.6) is 0 Å². The van der Waals surface area contributed by atoms with E-state index in [1.54, 1.807) is 0 Å². The van der Waals surface area contributed by atoms with Crippen LogP contribution in [0.3, 0.4) is 0 Å². The van der Waals surface area contributed by atoms with Gasteiger partial charge in [0.15, 0.2) is 5.96 Å². The number of unbranched alkanes of at least 4 members (excludes halogenated alkanes) is 1. The predicted molar refractivity (Wildman–Crippen MR) is 315 cm³/mol. The fourth-order valence-electron chi connectivity index (χ4n) is 8.76. The van der Waals surface area contributed by atoms with E-state index in [0.717, 1.165) is 18.7 Å². The second-order valence-corrected chi connectivity index (χ2v) is 21.1. The molecule has 0 spiro atoms. The molecule has 2 aliphatic rings. The van der Waals surface area contributed by atoms with Gasteiger partial charge in [0, 0.05) is 50.1 Å². The van der Waals surface area contributed by atoms with Crippen LogP contribution in [0.4, 0.5) is 0 Å². The van der Waals surface area contributed by atoms with Crippen LogP contribution in [0.15, 0.2) is 29.9 Å². The molecule has 0 unspecified atom stereocenters. The summed E-state index contributed by atoms with van der Waals surface area (Å²) >= 11 is 4.00. The highest BCUT2D eigenvalue weighted by Crippen LogP contribution is 2.20. The van der Waals surface area contributed by atoms with E-state index in [4.69, 9.17) is 22.9 Å². The van der Waals surface area contributed by atoms with Gasteiger partial charge in [0.05, 0.1) is 56.9 Å². The van der Waals surface area contributed by atoms with Crippen LogP contribution in [-0.2, 0) is 73.5 Å². The van der Waals surface area contributed by atoms with Gasteiger partial charge in [-0.15, -0.1) is 0 Å². The van der Waals surface area contributed by atoms with Crippen molar-refractivity contribution in [3.05, 3.63) is 30.6 Å². The first-order valence-corrected chi connectivity index (χ1v) is 28.8. The van der Waals surface area contributed by atoms with Gasteiger partial charge in [0.2, 0.25) is 82.7 Å². The number of aromatic amines is 1. The maximum Gasteiger partial charge on any atom is 0.246 e. The van der Waals surface area contributed by atoms with Gasteiger partial charge < -0.3 is 112 Å². The molecule has 2 saturated heterocycles. The number of hydrogen-bond acceptors (Lipinski definition) is 21. The Labute approximate surface area is 515 Å². The number of carbonyl (C=O) groups is 14. The SMILES string of the molecule is C=C(O)C[C@@H]1NC(=O)[C@H](C)NC(=O)[C@H](CO)NC(=O)[C@H](CCCN=C(N)N)NC(=O)[C@H](CC(N)=O)NC(=O)[C@H](CCCCNC(=O)[C@@H](N)CS)NC(=O)CNC(=O)CNC(=O)[C@@H]2CCCN2C(=O)[C@H](Cc2cnc[nH]2)NC(=O)[C@H]([C@H](C)O)NC(=O)CNC1=O. The molecule has 0 bridgehead atoms. The Hall–Kier alpha value is -9.17. The molecule has 3 rings (SSSR count). The van der Waals surface area contributed by atoms with Crippen molar-refractivity contribution < 1.29 is 82.4 Å². The number of amides is 14. The normalized spacial score (nSPS) is 24.8. The molecule has 14 amide bonds. The molecule has 89 heavy (non-hydrogen) atoms. The number of hydrogen-bond donors (Lipinski definition) is 21. The fourth-order valence-corrected chi connectivity index (χ4v) is 8.92. The van der Waals surface area contributed by atoms with Gasteiger partial charge >= 0.3 is 0 Å². The van der Waals surface area contributed by atoms with Gasteiger partial charge in [-0.1, -0.05) is 6.58 Å². The zero-order valence-corrected chi connectivity index (χ0v) is 50.0. The highest BCUT2D eigenvalue weighted by molar-refractivity contribution is 7.80. The summed E-state index contributed by atoms with van der Waals surface area (Å²) in [5.74, 6) is -15.1. The van der Waals surface area contributed by atoms with Crippen LogP contribution in [0.25, 0.3) is 0 Å². The standard InChI is InChI=1S/C51H82N20O17S/c1-24(73)14-31-43(81)60-20-39(78)70-40(26(3)74)49(87)68-33(15-27-17-56-23-62-27)50(88)71-13-7-10-35(71)48(86)61-18-37(76)59-19-38(77)64-29(8-4-5-11-57-42(80)28(52)22-89)44(82)67-32(16-36(53)75)46(84)65-30(9-6-12-58-51(54)55)45(83)69-34(21-72)47(85)63-25(2)41(79)66-31/h17,23,25-26,28-35,40,72-74,89H,1,4-16,18-22,52H2,2-3H3,(H2,53,75)(H,56,62)(H,57,80)(H,59,76)(H,60,81)(H,61,86)(H,63,85)(H,64,77)(H,65,84)(H,66,79)(H,67,82)(H,68,87)(H,69,83)(H,70,78)(H4,54,55,58)/t25-,26-,28-,29-,30-,31-,32-,33-,34-,35-,40-/m0/s1. The van der Waals surface area contributed by atoms with E-state index in [9.17, 15) is 82.4 Å². The highest BCUT2D eigenvalue weighted by atomic mass is 32.1. The maximum atomic E-state index is 14.3. The van der Waals surface area contributed by atoms with E-state index in [-0.39, 0.29) is 82.7 Å². The number of carbonyl (C=O) groups excluding carboxylic acids is 14. The number of nitrogens with one attached hydrogen (secondary N) is 13. The number of thiol groups is 1. The Kier molecular flexibility index (Phi) is 31.2. The Balaban J connectivity index is 2.05. The average Bonchev–Trinajstić information content (AvgIpc) is 2.72. The minimum Gasteiger partial charge on any atom is -0.513 e. The molecule has 37 nitrogen and oxygen atoms in total. The summed E-state index contributed by atoms with van der Waals surface area (Å²) in [6.07, 6.45) is -0.641. The first kappa shape index (κ1) is 74.1. The molecule has 0 aromatic carbocycles. The molecule has 1 aromatic heterocycles. The van der Waals surface area contributed by atoms with Gasteiger partial charge in [-0.2, -0.15) is 12.6 Å². The lowest BCUT2D eigenvalue weighted by Gasteiger charge is -2.30. The quantitative estimate of drug-likeness (QED) is 0.0201. The fraction of sp³-hybridized carbons (Fsp3) is 0.608. The van der Waals surface area contributed by atoms with Crippen molar-refractivity contribution in [3.8, 4) is 0 Å².